The van der Waals surface area contributed by atoms with Crippen LogP contribution in [0.2, 0.25) is 0 Å². The number of hydrogen-bond acceptors (Lipinski definition) is 1. The zero-order valence-corrected chi connectivity index (χ0v) is 6.35. The predicted octanol–water partition coefficient (Wildman–Crippen LogP) is 1.51. The van der Waals surface area contributed by atoms with Crippen molar-refractivity contribution < 1.29 is 9.90 Å². The van der Waals surface area contributed by atoms with Crippen molar-refractivity contribution in [2.75, 3.05) is 0 Å². The van der Waals surface area contributed by atoms with E-state index < -0.39 is 11.4 Å². The maximum absolute atomic E-state index is 10.5. The van der Waals surface area contributed by atoms with Crippen molar-refractivity contribution >= 4 is 5.97 Å². The van der Waals surface area contributed by atoms with Crippen molar-refractivity contribution in [2.24, 2.45) is 5.41 Å². The average Bonchev–Trinajstić information content (AvgIpc) is 1.84. The summed E-state index contributed by atoms with van der Waals surface area (Å²) >= 11 is 0. The Bertz CT molecular complexity index is 163. The van der Waals surface area contributed by atoms with E-state index >= 15 is 0 Å². The summed E-state index contributed by atoms with van der Waals surface area (Å²) in [4.78, 5) is 10.5. The lowest BCUT2D eigenvalue weighted by atomic mass is 9.88. The van der Waals surface area contributed by atoms with Crippen LogP contribution in [-0.2, 0) is 4.79 Å². The Labute approximate surface area is 61.2 Å². The monoisotopic (exact) mass is 140 g/mol. The third-order valence-corrected chi connectivity index (χ3v) is 1.47. The standard InChI is InChI=1S/C8H12O2/c1-4-5-6-8(2,3)7(9)10/h1H,5-6H2,2-3H3,(H,9,10). The SMILES string of the molecule is C#CCCC(C)(C)C(=O)O. The first-order chi connectivity index (χ1) is 4.50. The zero-order valence-electron chi connectivity index (χ0n) is 6.35. The number of carboxylic acids is 1. The number of aliphatic carboxylic acids is 1. The maximum Gasteiger partial charge on any atom is 0.309 e. The van der Waals surface area contributed by atoms with Gasteiger partial charge in [-0.15, -0.1) is 12.3 Å². The highest BCUT2D eigenvalue weighted by atomic mass is 16.4. The molecule has 0 aromatic heterocycles. The second kappa shape index (κ2) is 3.26. The molecule has 0 saturated carbocycles. The van der Waals surface area contributed by atoms with Gasteiger partial charge in [-0.25, -0.2) is 0 Å². The van der Waals surface area contributed by atoms with Crippen LogP contribution in [0.15, 0.2) is 0 Å². The van der Waals surface area contributed by atoms with E-state index in [1.807, 2.05) is 0 Å². The van der Waals surface area contributed by atoms with Crippen molar-refractivity contribution in [1.29, 1.82) is 0 Å². The Balaban J connectivity index is 3.90. The molecular weight excluding hydrogens is 128 g/mol. The quantitative estimate of drug-likeness (QED) is 0.603. The van der Waals surface area contributed by atoms with E-state index in [4.69, 9.17) is 11.5 Å². The topological polar surface area (TPSA) is 37.3 Å². The molecule has 0 amide bonds. The molecule has 10 heavy (non-hydrogen) atoms. The number of rotatable bonds is 3. The summed E-state index contributed by atoms with van der Waals surface area (Å²) in [6.07, 6.45) is 6.06. The molecule has 0 aromatic rings. The van der Waals surface area contributed by atoms with Crippen LogP contribution in [0.25, 0.3) is 0 Å². The lowest BCUT2D eigenvalue weighted by Crippen LogP contribution is -2.23. The van der Waals surface area contributed by atoms with Gasteiger partial charge in [0.1, 0.15) is 0 Å². The van der Waals surface area contributed by atoms with Gasteiger partial charge in [0.05, 0.1) is 5.41 Å². The van der Waals surface area contributed by atoms with E-state index in [-0.39, 0.29) is 0 Å². The Morgan fingerprint density at radius 3 is 2.50 bits per heavy atom. The summed E-state index contributed by atoms with van der Waals surface area (Å²) in [6, 6.07) is 0. The molecule has 0 aliphatic carbocycles. The molecule has 0 aromatic carbocycles. The average molecular weight is 140 g/mol. The van der Waals surface area contributed by atoms with Crippen molar-refractivity contribution in [3.05, 3.63) is 0 Å². The summed E-state index contributed by atoms with van der Waals surface area (Å²) in [7, 11) is 0. The zero-order chi connectivity index (χ0) is 8.20. The van der Waals surface area contributed by atoms with Crippen LogP contribution < -0.4 is 0 Å². The maximum atomic E-state index is 10.5. The summed E-state index contributed by atoms with van der Waals surface area (Å²) in [5, 5.41) is 8.60. The fraction of sp³-hybridized carbons (Fsp3) is 0.625. The second-order valence-electron chi connectivity index (χ2n) is 2.89. The normalized spacial score (nSPS) is 10.5. The smallest absolute Gasteiger partial charge is 0.309 e. The molecule has 0 rings (SSSR count). The molecule has 0 spiro atoms. The van der Waals surface area contributed by atoms with Gasteiger partial charge in [0.25, 0.3) is 0 Å². The van der Waals surface area contributed by atoms with E-state index in [2.05, 4.69) is 5.92 Å². The molecule has 0 saturated heterocycles. The Morgan fingerprint density at radius 2 is 2.20 bits per heavy atom. The van der Waals surface area contributed by atoms with Gasteiger partial charge in [-0.05, 0) is 20.3 Å². The van der Waals surface area contributed by atoms with Crippen LogP contribution in [0.3, 0.4) is 0 Å². The fourth-order valence-electron chi connectivity index (χ4n) is 0.492. The predicted molar refractivity (Wildman–Crippen MR) is 39.5 cm³/mol. The molecule has 2 nitrogen and oxygen atoms in total. The largest absolute Gasteiger partial charge is 0.481 e. The first-order valence-corrected chi connectivity index (χ1v) is 3.17. The first kappa shape index (κ1) is 9.03. The van der Waals surface area contributed by atoms with Crippen LogP contribution >= 0.6 is 0 Å². The van der Waals surface area contributed by atoms with Gasteiger partial charge in [-0.1, -0.05) is 0 Å². The molecule has 2 heteroatoms. The van der Waals surface area contributed by atoms with Gasteiger partial charge in [-0.3, -0.25) is 4.79 Å². The van der Waals surface area contributed by atoms with E-state index in [9.17, 15) is 4.79 Å². The van der Waals surface area contributed by atoms with Crippen LogP contribution in [0.4, 0.5) is 0 Å². The fourth-order valence-corrected chi connectivity index (χ4v) is 0.492. The van der Waals surface area contributed by atoms with Crippen molar-refractivity contribution in [1.82, 2.24) is 0 Å². The molecular formula is C8H12O2. The summed E-state index contributed by atoms with van der Waals surface area (Å²) in [5.74, 6) is 1.63. The van der Waals surface area contributed by atoms with E-state index in [1.54, 1.807) is 13.8 Å². The highest BCUT2D eigenvalue weighted by Gasteiger charge is 2.25. The second-order valence-corrected chi connectivity index (χ2v) is 2.89. The van der Waals surface area contributed by atoms with Crippen molar-refractivity contribution in [3.8, 4) is 12.3 Å². The third-order valence-electron chi connectivity index (χ3n) is 1.47. The van der Waals surface area contributed by atoms with E-state index in [1.165, 1.54) is 0 Å². The van der Waals surface area contributed by atoms with Crippen LogP contribution in [0, 0.1) is 17.8 Å². The molecule has 0 radical (unpaired) electrons. The Morgan fingerprint density at radius 1 is 1.70 bits per heavy atom. The molecule has 1 N–H and O–H groups in total. The highest BCUT2D eigenvalue weighted by molar-refractivity contribution is 5.73. The lowest BCUT2D eigenvalue weighted by molar-refractivity contribution is -0.147. The van der Waals surface area contributed by atoms with E-state index in [0.29, 0.717) is 12.8 Å². The number of terminal acetylenes is 1. The third kappa shape index (κ3) is 2.54. The number of carboxylic acid groups (broad SMARTS) is 1. The van der Waals surface area contributed by atoms with Gasteiger partial charge in [0.2, 0.25) is 0 Å². The summed E-state index contributed by atoms with van der Waals surface area (Å²) in [6.45, 7) is 3.35. The molecule has 56 valence electrons. The first-order valence-electron chi connectivity index (χ1n) is 3.17. The van der Waals surface area contributed by atoms with Gasteiger partial charge >= 0.3 is 5.97 Å². The minimum atomic E-state index is -0.789. The van der Waals surface area contributed by atoms with Crippen LogP contribution in [0.1, 0.15) is 26.7 Å². The van der Waals surface area contributed by atoms with Crippen LogP contribution in [-0.4, -0.2) is 11.1 Å². The lowest BCUT2D eigenvalue weighted by Gasteiger charge is -2.16. The molecule has 0 heterocycles. The number of hydrogen-bond donors (Lipinski definition) is 1. The Hall–Kier alpha value is -0.970. The molecule has 0 bridgehead atoms. The molecule has 0 aliphatic heterocycles. The molecule has 0 atom stereocenters. The molecule has 0 unspecified atom stereocenters. The molecule has 0 fully saturated rings. The van der Waals surface area contributed by atoms with Crippen molar-refractivity contribution in [3.63, 3.8) is 0 Å². The minimum Gasteiger partial charge on any atom is -0.481 e. The molecule has 0 aliphatic rings. The van der Waals surface area contributed by atoms with Gasteiger partial charge in [0.15, 0.2) is 0 Å². The summed E-state index contributed by atoms with van der Waals surface area (Å²) < 4.78 is 0. The number of carbonyl (C=O) groups is 1. The Kier molecular flexibility index (Phi) is 2.95. The van der Waals surface area contributed by atoms with E-state index in [0.717, 1.165) is 0 Å². The van der Waals surface area contributed by atoms with Crippen molar-refractivity contribution in [2.45, 2.75) is 26.7 Å². The minimum absolute atomic E-state index is 0.527. The van der Waals surface area contributed by atoms with Crippen LogP contribution in [0.5, 0.6) is 0 Å². The summed E-state index contributed by atoms with van der Waals surface area (Å²) in [5.41, 5.74) is -0.674. The van der Waals surface area contributed by atoms with Gasteiger partial charge in [-0.2, -0.15) is 0 Å². The van der Waals surface area contributed by atoms with Gasteiger partial charge < -0.3 is 5.11 Å². The highest BCUT2D eigenvalue weighted by Crippen LogP contribution is 2.21. The van der Waals surface area contributed by atoms with Gasteiger partial charge in [0, 0.05) is 6.42 Å².